The van der Waals surface area contributed by atoms with Crippen LogP contribution in [0.1, 0.15) is 25.8 Å². The number of thiazole rings is 1. The third kappa shape index (κ3) is 3.72. The molecule has 0 amide bonds. The summed E-state index contributed by atoms with van der Waals surface area (Å²) in [5, 5.41) is 4.43. The topological polar surface area (TPSA) is 65.7 Å². The molecule has 4 aromatic rings. The van der Waals surface area contributed by atoms with Gasteiger partial charge in [-0.05, 0) is 61.4 Å². The van der Waals surface area contributed by atoms with Crippen LogP contribution in [0.3, 0.4) is 0 Å². The lowest BCUT2D eigenvalue weighted by molar-refractivity contribution is 0.259. The lowest BCUT2D eigenvalue weighted by Crippen LogP contribution is -2.26. The second-order valence-corrected chi connectivity index (χ2v) is 8.37. The Labute approximate surface area is 183 Å². The third-order valence-corrected chi connectivity index (χ3v) is 6.04. The van der Waals surface area contributed by atoms with Gasteiger partial charge in [-0.2, -0.15) is 9.50 Å². The highest BCUT2D eigenvalue weighted by Gasteiger charge is 2.18. The maximum absolute atomic E-state index is 12.9. The normalized spacial score (nSPS) is 16.1. The maximum Gasteiger partial charge on any atom is 0.291 e. The molecule has 0 fully saturated rings. The molecule has 1 unspecified atom stereocenters. The second kappa shape index (κ2) is 8.00. The molecule has 156 valence electrons. The highest BCUT2D eigenvalue weighted by Crippen LogP contribution is 2.29. The van der Waals surface area contributed by atoms with Crippen molar-refractivity contribution >= 4 is 28.4 Å². The Bertz CT molecular complexity index is 1390. The predicted octanol–water partition coefficient (Wildman–Crippen LogP) is 3.97. The highest BCUT2D eigenvalue weighted by atomic mass is 32.1. The standard InChI is InChI=1S/C24H21N3O3S/c1-3-12-29-19-10-8-16(9-11-19)22-25-24-27(26-22)23(28)21(31-24)14-18-13-17-6-4-5-7-20(17)30-15(18)2/h4-11,13-15H,3,12H2,1-2H3. The number of rotatable bonds is 5. The lowest BCUT2D eigenvalue weighted by Gasteiger charge is -2.22. The Morgan fingerprint density at radius 1 is 1.19 bits per heavy atom. The van der Waals surface area contributed by atoms with Crippen molar-refractivity contribution in [3.63, 3.8) is 0 Å². The van der Waals surface area contributed by atoms with Crippen LogP contribution in [0.25, 0.3) is 28.5 Å². The predicted molar refractivity (Wildman–Crippen MR) is 123 cm³/mol. The minimum atomic E-state index is -0.173. The van der Waals surface area contributed by atoms with Gasteiger partial charge < -0.3 is 9.47 Å². The van der Waals surface area contributed by atoms with Crippen LogP contribution in [0.2, 0.25) is 0 Å². The summed E-state index contributed by atoms with van der Waals surface area (Å²) in [6, 6.07) is 15.5. The molecule has 2 aromatic heterocycles. The van der Waals surface area contributed by atoms with Crippen molar-refractivity contribution in [1.82, 2.24) is 14.6 Å². The van der Waals surface area contributed by atoms with E-state index in [1.54, 1.807) is 0 Å². The minimum Gasteiger partial charge on any atom is -0.494 e. The van der Waals surface area contributed by atoms with Gasteiger partial charge in [0.15, 0.2) is 5.82 Å². The van der Waals surface area contributed by atoms with Crippen LogP contribution in [0.15, 0.2) is 58.9 Å². The first-order valence-electron chi connectivity index (χ1n) is 10.2. The Kier molecular flexibility index (Phi) is 5.03. The van der Waals surface area contributed by atoms with Crippen molar-refractivity contribution in [3.8, 4) is 22.9 Å². The molecule has 3 heterocycles. The zero-order chi connectivity index (χ0) is 21.4. The average molecular weight is 432 g/mol. The fourth-order valence-corrected chi connectivity index (χ4v) is 4.36. The van der Waals surface area contributed by atoms with Crippen molar-refractivity contribution in [3.05, 3.63) is 74.6 Å². The van der Waals surface area contributed by atoms with Crippen molar-refractivity contribution in [2.45, 2.75) is 26.4 Å². The van der Waals surface area contributed by atoms with Gasteiger partial charge in [-0.3, -0.25) is 4.79 Å². The summed E-state index contributed by atoms with van der Waals surface area (Å²) in [5.74, 6) is 2.19. The Morgan fingerprint density at radius 2 is 2.00 bits per heavy atom. The molecule has 1 aliphatic heterocycles. The van der Waals surface area contributed by atoms with Crippen LogP contribution in [-0.4, -0.2) is 27.3 Å². The molecule has 0 spiro atoms. The summed E-state index contributed by atoms with van der Waals surface area (Å²) in [4.78, 5) is 18.1. The van der Waals surface area contributed by atoms with Crippen molar-refractivity contribution in [1.29, 1.82) is 0 Å². The molecule has 0 N–H and O–H groups in total. The Balaban J connectivity index is 1.48. The van der Waals surface area contributed by atoms with Gasteiger partial charge in [0.25, 0.3) is 5.56 Å². The van der Waals surface area contributed by atoms with Gasteiger partial charge in [-0.1, -0.05) is 36.5 Å². The summed E-state index contributed by atoms with van der Waals surface area (Å²) in [5.41, 5.74) is 2.63. The smallest absolute Gasteiger partial charge is 0.291 e. The SMILES string of the molecule is CCCOc1ccc(-c2nc3sc(=CC4=Cc5ccccc5OC4C)c(=O)n3n2)cc1. The fourth-order valence-electron chi connectivity index (χ4n) is 3.45. The zero-order valence-corrected chi connectivity index (χ0v) is 18.1. The first-order chi connectivity index (χ1) is 15.1. The first-order valence-corrected chi connectivity index (χ1v) is 11.1. The maximum atomic E-state index is 12.9. The van der Waals surface area contributed by atoms with Crippen LogP contribution in [-0.2, 0) is 0 Å². The third-order valence-electron chi connectivity index (χ3n) is 5.08. The molecule has 5 rings (SSSR count). The molecule has 6 nitrogen and oxygen atoms in total. The number of ether oxygens (including phenoxy) is 2. The van der Waals surface area contributed by atoms with E-state index in [9.17, 15) is 4.79 Å². The van der Waals surface area contributed by atoms with Crippen LogP contribution in [0.4, 0.5) is 0 Å². The molecule has 0 radical (unpaired) electrons. The number of hydrogen-bond acceptors (Lipinski definition) is 6. The number of benzene rings is 2. The van der Waals surface area contributed by atoms with Crippen LogP contribution < -0.4 is 19.6 Å². The molecular formula is C24H21N3O3S. The van der Waals surface area contributed by atoms with E-state index >= 15 is 0 Å². The summed E-state index contributed by atoms with van der Waals surface area (Å²) in [6.45, 7) is 4.73. The van der Waals surface area contributed by atoms with Crippen molar-refractivity contribution in [2.24, 2.45) is 0 Å². The number of aromatic nitrogens is 3. The molecule has 2 aromatic carbocycles. The molecule has 1 aliphatic rings. The van der Waals surface area contributed by atoms with Crippen LogP contribution in [0.5, 0.6) is 11.5 Å². The molecule has 31 heavy (non-hydrogen) atoms. The fraction of sp³-hybridized carbons (Fsp3) is 0.208. The molecule has 1 atom stereocenters. The van der Waals surface area contributed by atoms with Crippen LogP contribution >= 0.6 is 11.3 Å². The monoisotopic (exact) mass is 431 g/mol. The summed E-state index contributed by atoms with van der Waals surface area (Å²) >= 11 is 1.33. The van der Waals surface area contributed by atoms with Gasteiger partial charge in [0.2, 0.25) is 4.96 Å². The van der Waals surface area contributed by atoms with Gasteiger partial charge in [-0.25, -0.2) is 0 Å². The second-order valence-electron chi connectivity index (χ2n) is 7.36. The number of fused-ring (bicyclic) bond motifs is 2. The Morgan fingerprint density at radius 3 is 2.77 bits per heavy atom. The molecule has 7 heteroatoms. The van der Waals surface area contributed by atoms with Crippen molar-refractivity contribution in [2.75, 3.05) is 6.61 Å². The van der Waals surface area contributed by atoms with Crippen molar-refractivity contribution < 1.29 is 9.47 Å². The van der Waals surface area contributed by atoms with Gasteiger partial charge >= 0.3 is 0 Å². The molecule has 0 aliphatic carbocycles. The number of para-hydroxylation sites is 1. The van der Waals surface area contributed by atoms with E-state index in [1.165, 1.54) is 15.9 Å². The van der Waals surface area contributed by atoms with E-state index in [4.69, 9.17) is 9.47 Å². The summed E-state index contributed by atoms with van der Waals surface area (Å²) in [7, 11) is 0. The average Bonchev–Trinajstić information content (AvgIpc) is 3.32. The quantitative estimate of drug-likeness (QED) is 0.478. The molecule has 0 saturated heterocycles. The number of nitrogens with zero attached hydrogens (tertiary/aromatic N) is 3. The van der Waals surface area contributed by atoms with Gasteiger partial charge in [0, 0.05) is 11.1 Å². The van der Waals surface area contributed by atoms with E-state index in [1.807, 2.05) is 61.5 Å². The van der Waals surface area contributed by atoms with Gasteiger partial charge in [-0.15, -0.1) is 5.10 Å². The first kappa shape index (κ1) is 19.5. The van der Waals surface area contributed by atoms with Crippen LogP contribution in [0, 0.1) is 0 Å². The highest BCUT2D eigenvalue weighted by molar-refractivity contribution is 7.15. The Hall–Kier alpha value is -3.45. The number of hydrogen-bond donors (Lipinski definition) is 0. The van der Waals surface area contributed by atoms with Gasteiger partial charge in [0.1, 0.15) is 17.6 Å². The molecule has 0 saturated carbocycles. The van der Waals surface area contributed by atoms with E-state index in [0.29, 0.717) is 21.9 Å². The zero-order valence-electron chi connectivity index (χ0n) is 17.2. The van der Waals surface area contributed by atoms with E-state index < -0.39 is 0 Å². The van der Waals surface area contributed by atoms with Gasteiger partial charge in [0.05, 0.1) is 11.1 Å². The minimum absolute atomic E-state index is 0.138. The van der Waals surface area contributed by atoms with E-state index in [2.05, 4.69) is 23.1 Å². The van der Waals surface area contributed by atoms with E-state index in [0.717, 1.165) is 34.6 Å². The van der Waals surface area contributed by atoms with E-state index in [-0.39, 0.29) is 11.7 Å². The molecular weight excluding hydrogens is 410 g/mol. The lowest BCUT2D eigenvalue weighted by atomic mass is 10.0. The largest absolute Gasteiger partial charge is 0.494 e. The summed E-state index contributed by atoms with van der Waals surface area (Å²) < 4.78 is 13.6. The summed E-state index contributed by atoms with van der Waals surface area (Å²) in [6.07, 6.45) is 4.76. The molecule has 0 bridgehead atoms.